The smallest absolute Gasteiger partial charge is 0.248 e. The van der Waals surface area contributed by atoms with E-state index in [1.165, 1.54) is 17.3 Å². The molecule has 2 atom stereocenters. The zero-order valence-corrected chi connectivity index (χ0v) is 24.0. The van der Waals surface area contributed by atoms with Crippen molar-refractivity contribution in [3.63, 3.8) is 0 Å². The third kappa shape index (κ3) is 10.0. The van der Waals surface area contributed by atoms with Gasteiger partial charge in [0, 0.05) is 35.3 Å². The van der Waals surface area contributed by atoms with Gasteiger partial charge in [0.1, 0.15) is 5.75 Å². The standard InChI is InChI=1S/C31H41ClN2O3S/c1-2-24(9-5-3-4-6-18-38-23-35)16-17-34-21-26(12-7-10-25-11-8-13-28(32)19-25)22-37-30-15-14-27(31(33)36)20-29(30)34/h3,5,8,11,13-15,19-20,23-24,26H,2,4,6-7,9-10,12,16-18,21-22H2,1H3,(H2,33,36)/b5-3+/t24-,26?/m0/s1. The Morgan fingerprint density at radius 3 is 2.87 bits per heavy atom. The minimum Gasteiger partial charge on any atom is -0.491 e. The first kappa shape index (κ1) is 30.1. The van der Waals surface area contributed by atoms with Crippen LogP contribution in [0.1, 0.15) is 67.8 Å². The fourth-order valence-electron chi connectivity index (χ4n) is 4.95. The summed E-state index contributed by atoms with van der Waals surface area (Å²) in [4.78, 5) is 24.7. The van der Waals surface area contributed by atoms with Crippen molar-refractivity contribution >= 4 is 40.6 Å². The van der Waals surface area contributed by atoms with Crippen LogP contribution >= 0.6 is 23.4 Å². The van der Waals surface area contributed by atoms with Gasteiger partial charge in [0.2, 0.25) is 5.91 Å². The van der Waals surface area contributed by atoms with E-state index in [4.69, 9.17) is 22.1 Å². The van der Waals surface area contributed by atoms with Gasteiger partial charge in [-0.2, -0.15) is 0 Å². The van der Waals surface area contributed by atoms with Crippen LogP contribution in [0.3, 0.4) is 0 Å². The van der Waals surface area contributed by atoms with Crippen LogP contribution in [-0.4, -0.2) is 37.0 Å². The Morgan fingerprint density at radius 1 is 1.24 bits per heavy atom. The van der Waals surface area contributed by atoms with Gasteiger partial charge in [-0.1, -0.05) is 61.0 Å². The van der Waals surface area contributed by atoms with E-state index in [0.717, 1.165) is 92.3 Å². The van der Waals surface area contributed by atoms with Gasteiger partial charge in [-0.15, -0.1) is 0 Å². The maximum absolute atomic E-state index is 11.9. The summed E-state index contributed by atoms with van der Waals surface area (Å²) in [7, 11) is 0. The molecule has 0 aliphatic carbocycles. The summed E-state index contributed by atoms with van der Waals surface area (Å²) < 4.78 is 6.25. The number of thioether (sulfide) groups is 1. The number of anilines is 1. The quantitative estimate of drug-likeness (QED) is 0.133. The number of unbranched alkanes of at least 4 members (excludes halogenated alkanes) is 1. The number of allylic oxidation sites excluding steroid dienone is 2. The average molecular weight is 557 g/mol. The van der Waals surface area contributed by atoms with E-state index in [0.29, 0.717) is 24.0 Å². The molecule has 0 saturated carbocycles. The van der Waals surface area contributed by atoms with Crippen molar-refractivity contribution in [2.24, 2.45) is 17.6 Å². The van der Waals surface area contributed by atoms with E-state index in [9.17, 15) is 9.59 Å². The number of ether oxygens (including phenoxy) is 1. The highest BCUT2D eigenvalue weighted by Gasteiger charge is 2.24. The van der Waals surface area contributed by atoms with Crippen molar-refractivity contribution in [2.45, 2.75) is 58.3 Å². The Hall–Kier alpha value is -2.44. The van der Waals surface area contributed by atoms with E-state index >= 15 is 0 Å². The molecule has 0 radical (unpaired) electrons. The molecule has 206 valence electrons. The summed E-state index contributed by atoms with van der Waals surface area (Å²) in [6.07, 6.45) is 12.9. The zero-order chi connectivity index (χ0) is 27.2. The number of amides is 1. The average Bonchev–Trinajstić information content (AvgIpc) is 3.08. The molecule has 2 aromatic carbocycles. The fraction of sp³-hybridized carbons (Fsp3) is 0.484. The molecule has 0 saturated heterocycles. The first-order valence-corrected chi connectivity index (χ1v) is 15.2. The molecule has 7 heteroatoms. The molecule has 5 nitrogen and oxygen atoms in total. The highest BCUT2D eigenvalue weighted by molar-refractivity contribution is 8.11. The van der Waals surface area contributed by atoms with Crippen LogP contribution in [0.15, 0.2) is 54.6 Å². The summed E-state index contributed by atoms with van der Waals surface area (Å²) in [5, 5.41) is 0.782. The second-order valence-corrected chi connectivity index (χ2v) is 11.4. The first-order chi connectivity index (χ1) is 18.5. The summed E-state index contributed by atoms with van der Waals surface area (Å²) in [5.74, 6) is 2.27. The van der Waals surface area contributed by atoms with Gasteiger partial charge in [0.15, 0.2) is 5.62 Å². The number of nitrogens with zero attached hydrogens (tertiary/aromatic N) is 1. The number of primary amides is 1. The SMILES string of the molecule is CC[C@@H](C/C=C/CCCSC=O)CCN1CC(CCCc2cccc(Cl)c2)COc2ccc(C(N)=O)cc21. The lowest BCUT2D eigenvalue weighted by Gasteiger charge is -2.28. The van der Waals surface area contributed by atoms with Crippen molar-refractivity contribution in [1.29, 1.82) is 0 Å². The van der Waals surface area contributed by atoms with Gasteiger partial charge in [0.25, 0.3) is 0 Å². The molecule has 2 N–H and O–H groups in total. The number of nitrogens with two attached hydrogens (primary N) is 1. The zero-order valence-electron chi connectivity index (χ0n) is 22.4. The van der Waals surface area contributed by atoms with Gasteiger partial charge in [-0.3, -0.25) is 9.59 Å². The summed E-state index contributed by atoms with van der Waals surface area (Å²) in [6, 6.07) is 13.6. The van der Waals surface area contributed by atoms with Crippen molar-refractivity contribution in [3.8, 4) is 5.75 Å². The maximum Gasteiger partial charge on any atom is 0.248 e. The van der Waals surface area contributed by atoms with E-state index in [-0.39, 0.29) is 0 Å². The normalized spacial score (nSPS) is 16.1. The molecule has 1 unspecified atom stereocenters. The number of rotatable bonds is 16. The van der Waals surface area contributed by atoms with Gasteiger partial charge in [0.05, 0.1) is 12.3 Å². The molecule has 3 rings (SSSR count). The third-order valence-corrected chi connectivity index (χ3v) is 8.12. The Bertz CT molecular complexity index is 1060. The molecule has 2 aromatic rings. The number of benzene rings is 2. The third-order valence-electron chi connectivity index (χ3n) is 7.23. The molecule has 1 heterocycles. The molecule has 1 aliphatic heterocycles. The molecule has 0 fully saturated rings. The second kappa shape index (κ2) is 16.5. The number of aryl methyl sites for hydroxylation is 1. The van der Waals surface area contributed by atoms with E-state index < -0.39 is 5.91 Å². The lowest BCUT2D eigenvalue weighted by Crippen LogP contribution is -2.32. The van der Waals surface area contributed by atoms with Crippen molar-refractivity contribution in [3.05, 3.63) is 70.8 Å². The highest BCUT2D eigenvalue weighted by atomic mass is 35.5. The van der Waals surface area contributed by atoms with Gasteiger partial charge < -0.3 is 15.4 Å². The van der Waals surface area contributed by atoms with Gasteiger partial charge in [-0.25, -0.2) is 0 Å². The predicted octanol–water partition coefficient (Wildman–Crippen LogP) is 7.34. The Morgan fingerprint density at radius 2 is 2.11 bits per heavy atom. The topological polar surface area (TPSA) is 72.6 Å². The predicted molar refractivity (Wildman–Crippen MR) is 161 cm³/mol. The molecule has 0 spiro atoms. The van der Waals surface area contributed by atoms with E-state index in [1.54, 1.807) is 6.07 Å². The lowest BCUT2D eigenvalue weighted by molar-refractivity contribution is 0.1000. The van der Waals surface area contributed by atoms with Crippen LogP contribution < -0.4 is 15.4 Å². The molecule has 1 amide bonds. The molecule has 1 aliphatic rings. The van der Waals surface area contributed by atoms with Crippen LogP contribution in [0.2, 0.25) is 5.02 Å². The Labute approximate surface area is 237 Å². The number of carbonyl (C=O) groups is 2. The molecule has 38 heavy (non-hydrogen) atoms. The van der Waals surface area contributed by atoms with Crippen LogP contribution in [0.5, 0.6) is 5.75 Å². The van der Waals surface area contributed by atoms with Crippen LogP contribution in [0.4, 0.5) is 5.69 Å². The van der Waals surface area contributed by atoms with Gasteiger partial charge >= 0.3 is 0 Å². The van der Waals surface area contributed by atoms with Crippen molar-refractivity contribution < 1.29 is 14.3 Å². The number of hydrogen-bond acceptors (Lipinski definition) is 5. The number of halogens is 1. The van der Waals surface area contributed by atoms with Crippen molar-refractivity contribution in [2.75, 3.05) is 30.3 Å². The van der Waals surface area contributed by atoms with E-state index in [2.05, 4.69) is 30.0 Å². The maximum atomic E-state index is 11.9. The van der Waals surface area contributed by atoms with Crippen molar-refractivity contribution in [1.82, 2.24) is 0 Å². The highest BCUT2D eigenvalue weighted by Crippen LogP contribution is 2.35. The Balaban J connectivity index is 1.62. The molecular weight excluding hydrogens is 516 g/mol. The Kier molecular flexibility index (Phi) is 13.1. The molecular formula is C31H41ClN2O3S. The lowest BCUT2D eigenvalue weighted by atomic mass is 9.96. The minimum absolute atomic E-state index is 0.392. The summed E-state index contributed by atoms with van der Waals surface area (Å²) in [5.41, 5.74) is 9.27. The van der Waals surface area contributed by atoms with Gasteiger partial charge in [-0.05, 0) is 86.8 Å². The fourth-order valence-corrected chi connectivity index (χ4v) is 5.59. The van der Waals surface area contributed by atoms with Crippen LogP contribution in [0, 0.1) is 11.8 Å². The first-order valence-electron chi connectivity index (χ1n) is 13.8. The van der Waals surface area contributed by atoms with Crippen LogP contribution in [-0.2, 0) is 11.2 Å². The second-order valence-electron chi connectivity index (χ2n) is 10.1. The molecule has 0 aromatic heterocycles. The number of fused-ring (bicyclic) bond motifs is 1. The van der Waals surface area contributed by atoms with Crippen LogP contribution in [0.25, 0.3) is 0 Å². The van der Waals surface area contributed by atoms with E-state index in [1.807, 2.05) is 30.3 Å². The number of carbonyl (C=O) groups excluding carboxylic acids is 2. The monoisotopic (exact) mass is 556 g/mol. The molecule has 0 bridgehead atoms. The largest absolute Gasteiger partial charge is 0.491 e. The number of hydrogen-bond donors (Lipinski definition) is 1. The minimum atomic E-state index is -0.418. The summed E-state index contributed by atoms with van der Waals surface area (Å²) in [6.45, 7) is 4.72. The summed E-state index contributed by atoms with van der Waals surface area (Å²) >= 11 is 7.50.